The molecule has 0 bridgehead atoms. The summed E-state index contributed by atoms with van der Waals surface area (Å²) < 4.78 is 93.2. The minimum absolute atomic E-state index is 0.138. The molecule has 0 aliphatic carbocycles. The topological polar surface area (TPSA) is 33.6 Å². The molecule has 2 aromatic carbocycles. The first-order valence-corrected chi connectivity index (χ1v) is 6.69. The van der Waals surface area contributed by atoms with E-state index in [1.54, 1.807) is 30.3 Å². The molecule has 2 rings (SSSR count). The quantitative estimate of drug-likeness (QED) is 0.363. The number of halogens is 7. The van der Waals surface area contributed by atoms with Crippen molar-refractivity contribution in [2.75, 3.05) is 7.11 Å². The molecule has 0 aromatic heterocycles. The van der Waals surface area contributed by atoms with Crippen molar-refractivity contribution >= 4 is 17.0 Å². The highest BCUT2D eigenvalue weighted by molar-refractivity contribution is 6.02. The van der Waals surface area contributed by atoms with Gasteiger partial charge in [-0.2, -0.15) is 35.8 Å². The van der Waals surface area contributed by atoms with E-state index in [1.807, 2.05) is 0 Å². The zero-order valence-corrected chi connectivity index (χ0v) is 12.5. The Labute approximate surface area is 137 Å². The highest BCUT2D eigenvalue weighted by atomic mass is 19.4. The third-order valence-corrected chi connectivity index (χ3v) is 3.30. The summed E-state index contributed by atoms with van der Waals surface area (Å²) in [6.45, 7) is 0. The van der Waals surface area contributed by atoms with Crippen molar-refractivity contribution in [3.63, 3.8) is 0 Å². The number of hydrazone groups is 1. The SMILES string of the molecule is COc1ccc2ccccc2c1/C=N\NC(F)(F)C(F)(F)C(F)(F)F. The fourth-order valence-corrected chi connectivity index (χ4v) is 2.01. The van der Waals surface area contributed by atoms with Crippen molar-refractivity contribution in [3.8, 4) is 5.75 Å². The number of benzene rings is 2. The molecule has 0 radical (unpaired) electrons. The van der Waals surface area contributed by atoms with Crippen LogP contribution in [0.1, 0.15) is 5.56 Å². The number of hydrogen-bond donors (Lipinski definition) is 1. The molecule has 136 valence electrons. The van der Waals surface area contributed by atoms with Gasteiger partial charge in [-0.1, -0.05) is 30.3 Å². The van der Waals surface area contributed by atoms with Crippen LogP contribution in [0.3, 0.4) is 0 Å². The largest absolute Gasteiger partial charge is 0.496 e. The Bertz CT molecular complexity index is 787. The third-order valence-electron chi connectivity index (χ3n) is 3.30. The molecule has 0 heterocycles. The lowest BCUT2D eigenvalue weighted by atomic mass is 10.0. The highest BCUT2D eigenvalue weighted by Crippen LogP contribution is 2.45. The molecule has 0 saturated heterocycles. The fraction of sp³-hybridized carbons (Fsp3) is 0.267. The summed E-state index contributed by atoms with van der Waals surface area (Å²) in [6, 6.07) is 4.11. The van der Waals surface area contributed by atoms with Crippen molar-refractivity contribution in [1.29, 1.82) is 0 Å². The van der Waals surface area contributed by atoms with Crippen LogP contribution in [0.25, 0.3) is 10.8 Å². The van der Waals surface area contributed by atoms with Gasteiger partial charge >= 0.3 is 18.1 Å². The van der Waals surface area contributed by atoms with Gasteiger partial charge in [0, 0.05) is 5.56 Å². The number of nitrogens with one attached hydrogen (secondary N) is 1. The lowest BCUT2D eigenvalue weighted by Crippen LogP contribution is -2.58. The zero-order valence-electron chi connectivity index (χ0n) is 12.5. The summed E-state index contributed by atoms with van der Waals surface area (Å²) in [6.07, 6.45) is -5.74. The molecule has 0 aliphatic rings. The van der Waals surface area contributed by atoms with Crippen LogP contribution in [0.2, 0.25) is 0 Å². The molecular formula is C15H11F7N2O. The van der Waals surface area contributed by atoms with E-state index in [0.717, 1.165) is 0 Å². The zero-order chi connectivity index (χ0) is 18.9. The number of rotatable bonds is 5. The maximum atomic E-state index is 13.2. The number of alkyl halides is 7. The Morgan fingerprint density at radius 1 is 0.960 bits per heavy atom. The molecule has 2 aromatic rings. The molecule has 10 heteroatoms. The number of methoxy groups -OCH3 is 1. The third kappa shape index (κ3) is 3.47. The average molecular weight is 368 g/mol. The molecule has 0 spiro atoms. The fourth-order valence-electron chi connectivity index (χ4n) is 2.01. The summed E-state index contributed by atoms with van der Waals surface area (Å²) in [7, 11) is 1.28. The normalized spacial score (nSPS) is 13.4. The van der Waals surface area contributed by atoms with Gasteiger partial charge in [-0.3, -0.25) is 0 Å². The van der Waals surface area contributed by atoms with Crippen LogP contribution in [-0.2, 0) is 0 Å². The van der Waals surface area contributed by atoms with Crippen LogP contribution in [0.5, 0.6) is 5.75 Å². The highest BCUT2D eigenvalue weighted by Gasteiger charge is 2.73. The van der Waals surface area contributed by atoms with Crippen LogP contribution < -0.4 is 10.2 Å². The van der Waals surface area contributed by atoms with Gasteiger partial charge in [-0.25, -0.2) is 5.43 Å². The number of ether oxygens (including phenoxy) is 1. The monoisotopic (exact) mass is 368 g/mol. The van der Waals surface area contributed by atoms with Gasteiger partial charge in [0.05, 0.1) is 13.3 Å². The number of nitrogens with zero attached hydrogens (tertiary/aromatic N) is 1. The lowest BCUT2D eigenvalue weighted by Gasteiger charge is -2.27. The van der Waals surface area contributed by atoms with Crippen molar-refractivity contribution in [2.45, 2.75) is 18.1 Å². The van der Waals surface area contributed by atoms with Crippen LogP contribution in [0, 0.1) is 0 Å². The van der Waals surface area contributed by atoms with Crippen molar-refractivity contribution in [1.82, 2.24) is 5.43 Å². The van der Waals surface area contributed by atoms with Crippen molar-refractivity contribution in [3.05, 3.63) is 42.0 Å². The van der Waals surface area contributed by atoms with E-state index in [2.05, 4.69) is 5.10 Å². The van der Waals surface area contributed by atoms with E-state index in [4.69, 9.17) is 4.74 Å². The summed E-state index contributed by atoms with van der Waals surface area (Å²) in [5.74, 6) is -6.12. The number of fused-ring (bicyclic) bond motifs is 1. The molecule has 3 nitrogen and oxygen atoms in total. The molecular weight excluding hydrogens is 357 g/mol. The van der Waals surface area contributed by atoms with Gasteiger partial charge < -0.3 is 4.74 Å². The minimum Gasteiger partial charge on any atom is -0.496 e. The Morgan fingerprint density at radius 2 is 1.60 bits per heavy atom. The molecule has 1 N–H and O–H groups in total. The van der Waals surface area contributed by atoms with E-state index in [0.29, 0.717) is 22.4 Å². The molecule has 0 atom stereocenters. The smallest absolute Gasteiger partial charge is 0.462 e. The van der Waals surface area contributed by atoms with Gasteiger partial charge in [0.25, 0.3) is 0 Å². The molecule has 25 heavy (non-hydrogen) atoms. The van der Waals surface area contributed by atoms with Gasteiger partial charge in [-0.15, -0.1) is 0 Å². The van der Waals surface area contributed by atoms with Crippen LogP contribution in [-0.4, -0.2) is 31.5 Å². The Hall–Kier alpha value is -2.52. The summed E-state index contributed by atoms with van der Waals surface area (Å²) in [4.78, 5) is 0. The predicted molar refractivity (Wildman–Crippen MR) is 77.2 cm³/mol. The van der Waals surface area contributed by atoms with E-state index < -0.39 is 18.1 Å². The lowest BCUT2D eigenvalue weighted by molar-refractivity contribution is -0.361. The summed E-state index contributed by atoms with van der Waals surface area (Å²) in [5, 5.41) is 4.02. The van der Waals surface area contributed by atoms with Gasteiger partial charge in [-0.05, 0) is 16.8 Å². The molecule has 0 amide bonds. The van der Waals surface area contributed by atoms with Crippen LogP contribution in [0.4, 0.5) is 30.7 Å². The first-order chi connectivity index (χ1) is 11.5. The molecule has 0 aliphatic heterocycles. The van der Waals surface area contributed by atoms with Crippen molar-refractivity contribution in [2.24, 2.45) is 5.10 Å². The number of hydrogen-bond acceptors (Lipinski definition) is 3. The maximum absolute atomic E-state index is 13.2. The minimum atomic E-state index is -6.43. The summed E-state index contributed by atoms with van der Waals surface area (Å²) in [5.41, 5.74) is 0.719. The van der Waals surface area contributed by atoms with Gasteiger partial charge in [0.15, 0.2) is 0 Å². The Morgan fingerprint density at radius 3 is 2.20 bits per heavy atom. The second-order valence-corrected chi connectivity index (χ2v) is 4.92. The van der Waals surface area contributed by atoms with Gasteiger partial charge in [0.1, 0.15) is 5.75 Å². The summed E-state index contributed by atoms with van der Waals surface area (Å²) >= 11 is 0. The first kappa shape index (κ1) is 18.8. The molecule has 0 saturated carbocycles. The standard InChI is InChI=1S/C15H11F7N2O/c1-25-12-7-6-9-4-2-3-5-10(9)11(12)8-23-24-15(21,22)13(16,17)14(18,19)20/h2-8,24H,1H3/b23-8-. The predicted octanol–water partition coefficient (Wildman–Crippen LogP) is 4.56. The van der Waals surface area contributed by atoms with E-state index >= 15 is 0 Å². The van der Waals surface area contributed by atoms with Crippen LogP contribution >= 0.6 is 0 Å². The van der Waals surface area contributed by atoms with E-state index in [1.165, 1.54) is 13.2 Å². The van der Waals surface area contributed by atoms with Gasteiger partial charge in [0.2, 0.25) is 0 Å². The van der Waals surface area contributed by atoms with Crippen molar-refractivity contribution < 1.29 is 35.5 Å². The second kappa shape index (κ2) is 6.41. The van der Waals surface area contributed by atoms with Crippen LogP contribution in [0.15, 0.2) is 41.5 Å². The molecule has 0 fully saturated rings. The van der Waals surface area contributed by atoms with E-state index in [-0.39, 0.29) is 11.3 Å². The Kier molecular flexibility index (Phi) is 4.83. The van der Waals surface area contributed by atoms with E-state index in [9.17, 15) is 30.7 Å². The maximum Gasteiger partial charge on any atom is 0.462 e. The first-order valence-electron chi connectivity index (χ1n) is 6.69. The Balaban J connectivity index is 2.36. The second-order valence-electron chi connectivity index (χ2n) is 4.92. The average Bonchev–Trinajstić information content (AvgIpc) is 2.53. The molecule has 0 unspecified atom stereocenters.